The molecule has 0 bridgehead atoms. The lowest BCUT2D eigenvalue weighted by atomic mass is 10.1. The van der Waals surface area contributed by atoms with Crippen LogP contribution >= 0.6 is 0 Å². The summed E-state index contributed by atoms with van der Waals surface area (Å²) in [6.07, 6.45) is -10.8. The van der Waals surface area contributed by atoms with Crippen LogP contribution in [0.4, 0.5) is 32.0 Å². The van der Waals surface area contributed by atoms with Gasteiger partial charge in [-0.15, -0.1) is 0 Å². The van der Waals surface area contributed by atoms with Crippen molar-refractivity contribution in [3.05, 3.63) is 89.5 Å². The number of rotatable bonds is 5. The molecule has 0 spiro atoms. The predicted molar refractivity (Wildman–Crippen MR) is 115 cm³/mol. The summed E-state index contributed by atoms with van der Waals surface area (Å²) in [5.41, 5.74) is -1.40. The largest absolute Gasteiger partial charge is 0.457 e. The maximum absolute atomic E-state index is 13.3. The maximum Gasteiger partial charge on any atom is 0.416 e. The number of amides is 1. The van der Waals surface area contributed by atoms with Crippen molar-refractivity contribution in [2.45, 2.75) is 38.0 Å². The molecule has 10 heteroatoms. The van der Waals surface area contributed by atoms with Gasteiger partial charge >= 0.3 is 12.4 Å². The minimum absolute atomic E-state index is 0.00924. The van der Waals surface area contributed by atoms with E-state index in [0.717, 1.165) is 29.2 Å². The van der Waals surface area contributed by atoms with Crippen molar-refractivity contribution < 1.29 is 40.6 Å². The SMILES string of the molecule is CCC1OC(c2cccc(Oc3cccc(C(F)(F)F)c3)c2)N(c2cccc(C(F)(F)F)c2)C1=O. The van der Waals surface area contributed by atoms with Crippen molar-refractivity contribution in [2.75, 3.05) is 4.90 Å². The summed E-state index contributed by atoms with van der Waals surface area (Å²) in [6, 6.07) is 14.8. The Labute approximate surface area is 196 Å². The van der Waals surface area contributed by atoms with Crippen LogP contribution in [0.2, 0.25) is 0 Å². The Balaban J connectivity index is 1.67. The molecular weight excluding hydrogens is 476 g/mol. The molecule has 1 fully saturated rings. The molecule has 4 nitrogen and oxygen atoms in total. The number of alkyl halides is 6. The van der Waals surface area contributed by atoms with Gasteiger partial charge in [0, 0.05) is 11.3 Å². The van der Waals surface area contributed by atoms with E-state index >= 15 is 0 Å². The lowest BCUT2D eigenvalue weighted by molar-refractivity contribution is -0.138. The number of carbonyl (C=O) groups is 1. The van der Waals surface area contributed by atoms with E-state index in [9.17, 15) is 31.1 Å². The number of hydrogen-bond acceptors (Lipinski definition) is 3. The third-order valence-electron chi connectivity index (χ3n) is 5.40. The Morgan fingerprint density at radius 2 is 1.40 bits per heavy atom. The second-order valence-electron chi connectivity index (χ2n) is 7.84. The van der Waals surface area contributed by atoms with E-state index in [-0.39, 0.29) is 17.2 Å². The van der Waals surface area contributed by atoms with Gasteiger partial charge < -0.3 is 9.47 Å². The summed E-state index contributed by atoms with van der Waals surface area (Å²) in [4.78, 5) is 14.1. The molecule has 184 valence electrons. The average Bonchev–Trinajstić information content (AvgIpc) is 3.14. The van der Waals surface area contributed by atoms with Crippen LogP contribution in [0.3, 0.4) is 0 Å². The molecule has 1 amide bonds. The molecule has 3 aromatic carbocycles. The Hall–Kier alpha value is -3.53. The molecule has 0 radical (unpaired) electrons. The molecule has 0 aromatic heterocycles. The average molecular weight is 495 g/mol. The number of nitrogens with zero attached hydrogens (tertiary/aromatic N) is 1. The van der Waals surface area contributed by atoms with Crippen molar-refractivity contribution in [3.8, 4) is 11.5 Å². The van der Waals surface area contributed by atoms with E-state index in [0.29, 0.717) is 12.0 Å². The fraction of sp³-hybridized carbons (Fsp3) is 0.240. The lowest BCUT2D eigenvalue weighted by Gasteiger charge is -2.24. The number of anilines is 1. The van der Waals surface area contributed by atoms with Gasteiger partial charge in [-0.1, -0.05) is 31.2 Å². The first-order valence-corrected chi connectivity index (χ1v) is 10.6. The Morgan fingerprint density at radius 1 is 0.829 bits per heavy atom. The van der Waals surface area contributed by atoms with Crippen LogP contribution in [0.1, 0.15) is 36.3 Å². The van der Waals surface area contributed by atoms with Gasteiger partial charge in [-0.05, 0) is 55.0 Å². The molecule has 0 N–H and O–H groups in total. The fourth-order valence-electron chi connectivity index (χ4n) is 3.74. The first-order valence-electron chi connectivity index (χ1n) is 10.6. The molecule has 0 aliphatic carbocycles. The normalized spacial score (nSPS) is 18.7. The Bertz CT molecular complexity index is 1220. The highest BCUT2D eigenvalue weighted by Crippen LogP contribution is 2.40. The van der Waals surface area contributed by atoms with E-state index in [1.54, 1.807) is 19.1 Å². The van der Waals surface area contributed by atoms with Crippen molar-refractivity contribution in [1.82, 2.24) is 0 Å². The van der Waals surface area contributed by atoms with Crippen LogP contribution in [-0.2, 0) is 21.9 Å². The molecule has 4 rings (SSSR count). The highest BCUT2D eigenvalue weighted by Gasteiger charge is 2.42. The van der Waals surface area contributed by atoms with E-state index < -0.39 is 41.7 Å². The van der Waals surface area contributed by atoms with Crippen LogP contribution in [0.15, 0.2) is 72.8 Å². The molecule has 0 saturated carbocycles. The van der Waals surface area contributed by atoms with Crippen molar-refractivity contribution >= 4 is 11.6 Å². The molecule has 35 heavy (non-hydrogen) atoms. The van der Waals surface area contributed by atoms with E-state index in [1.807, 2.05) is 0 Å². The second-order valence-corrected chi connectivity index (χ2v) is 7.84. The van der Waals surface area contributed by atoms with Gasteiger partial charge in [0.25, 0.3) is 5.91 Å². The fourth-order valence-corrected chi connectivity index (χ4v) is 3.74. The standard InChI is InChI=1S/C25H19F6NO3/c1-2-21-22(33)32(18-9-4-7-16(13-18)24(26,27)28)23(35-21)15-6-3-10-19(12-15)34-20-11-5-8-17(14-20)25(29,30)31/h3-14,21,23H,2H2,1H3. The molecule has 3 aromatic rings. The number of halogens is 6. The molecule has 1 aliphatic rings. The lowest BCUT2D eigenvalue weighted by Crippen LogP contribution is -2.31. The molecule has 1 saturated heterocycles. The Kier molecular flexibility index (Phi) is 6.50. The highest BCUT2D eigenvalue weighted by atomic mass is 19.4. The van der Waals surface area contributed by atoms with Crippen LogP contribution in [0, 0.1) is 0 Å². The summed E-state index contributed by atoms with van der Waals surface area (Å²) < 4.78 is 90.2. The number of benzene rings is 3. The van der Waals surface area contributed by atoms with Crippen molar-refractivity contribution in [1.29, 1.82) is 0 Å². The third kappa shape index (κ3) is 5.27. The molecular formula is C25H19F6NO3. The van der Waals surface area contributed by atoms with Gasteiger partial charge in [0.05, 0.1) is 11.1 Å². The second kappa shape index (κ2) is 9.26. The molecule has 2 atom stereocenters. The van der Waals surface area contributed by atoms with Crippen LogP contribution in [0.25, 0.3) is 0 Å². The monoisotopic (exact) mass is 495 g/mol. The number of carbonyl (C=O) groups excluding carboxylic acids is 1. The van der Waals surface area contributed by atoms with E-state index in [4.69, 9.17) is 9.47 Å². The zero-order chi connectivity index (χ0) is 25.4. The number of ether oxygens (including phenoxy) is 2. The smallest absolute Gasteiger partial charge is 0.416 e. The van der Waals surface area contributed by atoms with Gasteiger partial charge in [0.2, 0.25) is 0 Å². The number of hydrogen-bond donors (Lipinski definition) is 0. The van der Waals surface area contributed by atoms with Crippen LogP contribution < -0.4 is 9.64 Å². The van der Waals surface area contributed by atoms with Gasteiger partial charge in [0.15, 0.2) is 6.23 Å². The van der Waals surface area contributed by atoms with E-state index in [2.05, 4.69) is 0 Å². The maximum atomic E-state index is 13.3. The summed E-state index contributed by atoms with van der Waals surface area (Å²) in [6.45, 7) is 1.71. The van der Waals surface area contributed by atoms with Crippen LogP contribution in [0.5, 0.6) is 11.5 Å². The minimum Gasteiger partial charge on any atom is -0.457 e. The summed E-state index contributed by atoms with van der Waals surface area (Å²) in [7, 11) is 0. The Morgan fingerprint density at radius 3 is 2.03 bits per heavy atom. The predicted octanol–water partition coefficient (Wildman–Crippen LogP) is 7.36. The van der Waals surface area contributed by atoms with Gasteiger partial charge in [-0.25, -0.2) is 0 Å². The zero-order valence-electron chi connectivity index (χ0n) is 18.2. The van der Waals surface area contributed by atoms with Gasteiger partial charge in [0.1, 0.15) is 17.6 Å². The third-order valence-corrected chi connectivity index (χ3v) is 5.40. The van der Waals surface area contributed by atoms with Gasteiger partial charge in [-0.3, -0.25) is 9.69 Å². The zero-order valence-corrected chi connectivity index (χ0v) is 18.2. The quantitative estimate of drug-likeness (QED) is 0.347. The highest BCUT2D eigenvalue weighted by molar-refractivity contribution is 5.99. The van der Waals surface area contributed by atoms with Crippen molar-refractivity contribution in [3.63, 3.8) is 0 Å². The summed E-state index contributed by atoms with van der Waals surface area (Å²) in [5, 5.41) is 0. The molecule has 1 aliphatic heterocycles. The topological polar surface area (TPSA) is 38.8 Å². The van der Waals surface area contributed by atoms with Gasteiger partial charge in [-0.2, -0.15) is 26.3 Å². The summed E-state index contributed by atoms with van der Waals surface area (Å²) in [5.74, 6) is -0.385. The van der Waals surface area contributed by atoms with Crippen molar-refractivity contribution in [2.24, 2.45) is 0 Å². The summed E-state index contributed by atoms with van der Waals surface area (Å²) >= 11 is 0. The minimum atomic E-state index is -4.60. The molecule has 1 heterocycles. The van der Waals surface area contributed by atoms with E-state index in [1.165, 1.54) is 36.4 Å². The molecule has 2 unspecified atom stereocenters. The first kappa shape index (κ1) is 24.6. The van der Waals surface area contributed by atoms with Crippen LogP contribution in [-0.4, -0.2) is 12.0 Å². The first-order chi connectivity index (χ1) is 16.5.